The van der Waals surface area contributed by atoms with E-state index < -0.39 is 0 Å². The van der Waals surface area contributed by atoms with Crippen LogP contribution in [0, 0.1) is 12.8 Å². The van der Waals surface area contributed by atoms with Crippen LogP contribution < -0.4 is 0 Å². The first-order valence-electron chi connectivity index (χ1n) is 8.96. The number of likely N-dealkylation sites (tertiary alicyclic amines) is 1. The smallest absolute Gasteiger partial charge is 0.137 e. The summed E-state index contributed by atoms with van der Waals surface area (Å²) in [4.78, 5) is 2.59. The Morgan fingerprint density at radius 2 is 1.92 bits per heavy atom. The fourth-order valence-corrected chi connectivity index (χ4v) is 4.19. The van der Waals surface area contributed by atoms with Gasteiger partial charge >= 0.3 is 0 Å². The molecular formula is C22H25NO. The molecule has 0 saturated carbocycles. The highest BCUT2D eigenvalue weighted by molar-refractivity contribution is 5.81. The number of para-hydroxylation sites is 1. The van der Waals surface area contributed by atoms with Crippen LogP contribution in [0.3, 0.4) is 0 Å². The molecule has 0 bridgehead atoms. The molecule has 2 heterocycles. The fraction of sp³-hybridized carbons (Fsp3) is 0.364. The monoisotopic (exact) mass is 319 g/mol. The van der Waals surface area contributed by atoms with Gasteiger partial charge in [-0.2, -0.15) is 0 Å². The summed E-state index contributed by atoms with van der Waals surface area (Å²) in [6, 6.07) is 19.5. The molecule has 2 nitrogen and oxygen atoms in total. The molecule has 0 radical (unpaired) electrons. The van der Waals surface area contributed by atoms with Crippen molar-refractivity contribution in [3.63, 3.8) is 0 Å². The van der Waals surface area contributed by atoms with Gasteiger partial charge in [-0.1, -0.05) is 55.5 Å². The standard InChI is InChI=1S/C22H25NO/c1-16-14-23(15-18-7-4-3-5-8-18)12-11-20(16)21-10-6-9-19-13-17(2)24-22(19)21/h3-10,13,16,20H,11-12,14-15H2,1-2H3/t16-,20-/m1/s1. The fourth-order valence-electron chi connectivity index (χ4n) is 4.19. The number of piperidine rings is 1. The zero-order chi connectivity index (χ0) is 16.5. The van der Waals surface area contributed by atoms with Crippen LogP contribution in [0.5, 0.6) is 0 Å². The lowest BCUT2D eigenvalue weighted by molar-refractivity contribution is 0.156. The van der Waals surface area contributed by atoms with Crippen LogP contribution in [-0.2, 0) is 6.54 Å². The molecule has 1 aliphatic rings. The number of hydrogen-bond donors (Lipinski definition) is 0. The molecular weight excluding hydrogens is 294 g/mol. The second kappa shape index (κ2) is 6.45. The summed E-state index contributed by atoms with van der Waals surface area (Å²) in [5.74, 6) is 2.23. The molecule has 3 aromatic rings. The van der Waals surface area contributed by atoms with E-state index in [9.17, 15) is 0 Å². The maximum atomic E-state index is 6.01. The summed E-state index contributed by atoms with van der Waals surface area (Å²) >= 11 is 0. The van der Waals surface area contributed by atoms with Crippen molar-refractivity contribution in [1.29, 1.82) is 0 Å². The Bertz CT molecular complexity index is 820. The van der Waals surface area contributed by atoms with Gasteiger partial charge in [0.15, 0.2) is 0 Å². The van der Waals surface area contributed by atoms with E-state index in [1.807, 2.05) is 6.92 Å². The van der Waals surface area contributed by atoms with Gasteiger partial charge in [0, 0.05) is 18.5 Å². The quantitative estimate of drug-likeness (QED) is 0.645. The number of benzene rings is 2. The van der Waals surface area contributed by atoms with E-state index in [1.165, 1.54) is 22.9 Å². The number of furan rings is 1. The molecule has 2 heteroatoms. The molecule has 1 saturated heterocycles. The van der Waals surface area contributed by atoms with Gasteiger partial charge in [-0.15, -0.1) is 0 Å². The topological polar surface area (TPSA) is 16.4 Å². The molecule has 1 aromatic heterocycles. The zero-order valence-electron chi connectivity index (χ0n) is 14.5. The molecule has 0 aliphatic carbocycles. The largest absolute Gasteiger partial charge is 0.461 e. The van der Waals surface area contributed by atoms with Gasteiger partial charge in [0.05, 0.1) is 0 Å². The minimum absolute atomic E-state index is 0.589. The summed E-state index contributed by atoms with van der Waals surface area (Å²) in [5, 5.41) is 1.24. The van der Waals surface area contributed by atoms with Gasteiger partial charge in [-0.05, 0) is 48.9 Å². The predicted molar refractivity (Wildman–Crippen MR) is 99.2 cm³/mol. The summed E-state index contributed by atoms with van der Waals surface area (Å²) in [6.07, 6.45) is 1.20. The van der Waals surface area contributed by atoms with E-state index in [-0.39, 0.29) is 0 Å². The van der Waals surface area contributed by atoms with Gasteiger partial charge in [0.25, 0.3) is 0 Å². The van der Waals surface area contributed by atoms with Crippen LogP contribution in [-0.4, -0.2) is 18.0 Å². The lowest BCUT2D eigenvalue weighted by atomic mass is 9.81. The molecule has 0 spiro atoms. The average Bonchev–Trinajstić information content (AvgIpc) is 2.96. The first-order valence-corrected chi connectivity index (χ1v) is 8.96. The summed E-state index contributed by atoms with van der Waals surface area (Å²) < 4.78 is 6.01. The zero-order valence-corrected chi connectivity index (χ0v) is 14.5. The van der Waals surface area contributed by atoms with Crippen LogP contribution in [0.1, 0.15) is 36.1 Å². The summed E-state index contributed by atoms with van der Waals surface area (Å²) in [5.41, 5.74) is 3.91. The number of rotatable bonds is 3. The first kappa shape index (κ1) is 15.5. The molecule has 2 aromatic carbocycles. The minimum atomic E-state index is 0.589. The molecule has 0 amide bonds. The van der Waals surface area contributed by atoms with Crippen molar-refractivity contribution in [3.05, 3.63) is 71.5 Å². The Hall–Kier alpha value is -2.06. The van der Waals surface area contributed by atoms with Crippen LogP contribution in [0.25, 0.3) is 11.0 Å². The average molecular weight is 319 g/mol. The van der Waals surface area contributed by atoms with Crippen molar-refractivity contribution >= 4 is 11.0 Å². The van der Waals surface area contributed by atoms with E-state index in [1.54, 1.807) is 0 Å². The normalized spacial score (nSPS) is 22.1. The third-order valence-corrected chi connectivity index (χ3v) is 5.34. The van der Waals surface area contributed by atoms with Crippen LogP contribution in [0.4, 0.5) is 0 Å². The Kier molecular flexibility index (Phi) is 4.15. The van der Waals surface area contributed by atoms with Gasteiger partial charge in [-0.25, -0.2) is 0 Å². The Morgan fingerprint density at radius 1 is 1.08 bits per heavy atom. The molecule has 2 atom stereocenters. The highest BCUT2D eigenvalue weighted by Gasteiger charge is 2.29. The van der Waals surface area contributed by atoms with Gasteiger partial charge in [0.2, 0.25) is 0 Å². The highest BCUT2D eigenvalue weighted by atomic mass is 16.3. The minimum Gasteiger partial charge on any atom is -0.461 e. The maximum absolute atomic E-state index is 6.01. The third-order valence-electron chi connectivity index (χ3n) is 5.34. The molecule has 1 fully saturated rings. The number of hydrogen-bond acceptors (Lipinski definition) is 2. The lowest BCUT2D eigenvalue weighted by Crippen LogP contribution is -2.37. The predicted octanol–water partition coefficient (Wildman–Crippen LogP) is 5.37. The van der Waals surface area contributed by atoms with Gasteiger partial charge < -0.3 is 4.42 Å². The van der Waals surface area contributed by atoms with Crippen molar-refractivity contribution < 1.29 is 4.42 Å². The molecule has 0 unspecified atom stereocenters. The number of aryl methyl sites for hydroxylation is 1. The van der Waals surface area contributed by atoms with E-state index in [0.29, 0.717) is 11.8 Å². The molecule has 124 valence electrons. The number of nitrogens with zero attached hydrogens (tertiary/aromatic N) is 1. The molecule has 4 rings (SSSR count). The maximum Gasteiger partial charge on any atom is 0.137 e. The van der Waals surface area contributed by atoms with Crippen molar-refractivity contribution in [2.75, 3.05) is 13.1 Å². The van der Waals surface area contributed by atoms with Crippen molar-refractivity contribution in [2.24, 2.45) is 5.92 Å². The second-order valence-electron chi connectivity index (χ2n) is 7.22. The molecule has 0 N–H and O–H groups in total. The van der Waals surface area contributed by atoms with Crippen LogP contribution in [0.2, 0.25) is 0 Å². The van der Waals surface area contributed by atoms with E-state index in [2.05, 4.69) is 66.4 Å². The Labute approximate surface area is 144 Å². The van der Waals surface area contributed by atoms with E-state index in [0.717, 1.165) is 31.0 Å². The highest BCUT2D eigenvalue weighted by Crippen LogP contribution is 2.37. The Morgan fingerprint density at radius 3 is 2.71 bits per heavy atom. The van der Waals surface area contributed by atoms with Crippen LogP contribution >= 0.6 is 0 Å². The van der Waals surface area contributed by atoms with Crippen molar-refractivity contribution in [1.82, 2.24) is 4.90 Å². The van der Waals surface area contributed by atoms with E-state index in [4.69, 9.17) is 4.42 Å². The molecule has 1 aliphatic heterocycles. The Balaban J connectivity index is 1.52. The first-order chi connectivity index (χ1) is 11.7. The third kappa shape index (κ3) is 2.99. The summed E-state index contributed by atoms with van der Waals surface area (Å²) in [7, 11) is 0. The van der Waals surface area contributed by atoms with E-state index >= 15 is 0 Å². The van der Waals surface area contributed by atoms with Gasteiger partial charge in [-0.3, -0.25) is 4.90 Å². The van der Waals surface area contributed by atoms with Crippen LogP contribution in [0.15, 0.2) is 59.0 Å². The van der Waals surface area contributed by atoms with Crippen molar-refractivity contribution in [3.8, 4) is 0 Å². The SMILES string of the molecule is Cc1cc2cccc([C@@H]3CCN(Cc4ccccc4)C[C@H]3C)c2o1. The number of fused-ring (bicyclic) bond motifs is 1. The lowest BCUT2D eigenvalue weighted by Gasteiger charge is -2.37. The second-order valence-corrected chi connectivity index (χ2v) is 7.22. The summed E-state index contributed by atoms with van der Waals surface area (Å²) in [6.45, 7) is 7.78. The van der Waals surface area contributed by atoms with Crippen molar-refractivity contribution in [2.45, 2.75) is 32.7 Å². The molecule has 24 heavy (non-hydrogen) atoms. The van der Waals surface area contributed by atoms with Gasteiger partial charge in [0.1, 0.15) is 11.3 Å².